The second-order valence-electron chi connectivity index (χ2n) is 21.4. The Kier molecular flexibility index (Phi) is 21.9. The summed E-state index contributed by atoms with van der Waals surface area (Å²) in [5, 5.41) is 11.4. The lowest BCUT2D eigenvalue weighted by Crippen LogP contribution is -2.60. The molecule has 0 amide bonds. The van der Waals surface area contributed by atoms with Crippen molar-refractivity contribution in [1.29, 1.82) is 0 Å². The van der Waals surface area contributed by atoms with Gasteiger partial charge < -0.3 is 52.6 Å². The van der Waals surface area contributed by atoms with Gasteiger partial charge in [-0.2, -0.15) is 0 Å². The number of carbonyl (C=O) groups is 5. The molecule has 1 aromatic carbocycles. The first-order chi connectivity index (χ1) is 36.0. The summed E-state index contributed by atoms with van der Waals surface area (Å²) >= 11 is 13.9. The van der Waals surface area contributed by atoms with E-state index in [4.69, 9.17) is 65.8 Å². The van der Waals surface area contributed by atoms with Crippen molar-refractivity contribution >= 4 is 64.4 Å². The van der Waals surface area contributed by atoms with E-state index in [0.717, 1.165) is 0 Å². The average molecular weight is 1130 g/mol. The molecule has 0 radical (unpaired) electrons. The Morgan fingerprint density at radius 2 is 1.66 bits per heavy atom. The maximum atomic E-state index is 15.2. The largest absolute Gasteiger partial charge is 0.493 e. The van der Waals surface area contributed by atoms with Crippen LogP contribution >= 0.6 is 35.0 Å². The summed E-state index contributed by atoms with van der Waals surface area (Å²) in [5.74, 6) is -5.69. The number of aliphatic hydroxyl groups is 1. The number of hydrogen-bond donors (Lipinski definition) is 1. The van der Waals surface area contributed by atoms with Crippen LogP contribution in [0.3, 0.4) is 0 Å². The van der Waals surface area contributed by atoms with Gasteiger partial charge in [-0.25, -0.2) is 0 Å². The van der Waals surface area contributed by atoms with Gasteiger partial charge in [0.2, 0.25) is 0 Å². The van der Waals surface area contributed by atoms with Gasteiger partial charge in [0, 0.05) is 92.2 Å². The number of cyclic esters (lactones) is 1. The van der Waals surface area contributed by atoms with Gasteiger partial charge in [-0.1, -0.05) is 50.9 Å². The molecule has 0 saturated carbocycles. The van der Waals surface area contributed by atoms with E-state index >= 15 is 4.79 Å². The minimum atomic E-state index is -1.49. The highest BCUT2D eigenvalue weighted by molar-refractivity contribution is 8.00. The minimum absolute atomic E-state index is 0.0311. The number of Topliss-reactive ketones (excluding diaryl/α,β-unsaturated/α-hetero) is 2. The number of pyridine rings is 1. The van der Waals surface area contributed by atoms with E-state index in [-0.39, 0.29) is 77.6 Å². The number of fused-ring (bicyclic) bond motifs is 1. The van der Waals surface area contributed by atoms with Gasteiger partial charge in [0.1, 0.15) is 29.3 Å². The topological polar surface area (TPSA) is 208 Å². The van der Waals surface area contributed by atoms with Crippen molar-refractivity contribution < 1.29 is 71.7 Å². The highest BCUT2D eigenvalue weighted by Crippen LogP contribution is 2.49. The Morgan fingerprint density at radius 3 is 2.29 bits per heavy atom. The number of thioether (sulfide) groups is 1. The fourth-order valence-corrected chi connectivity index (χ4v) is 13.4. The summed E-state index contributed by atoms with van der Waals surface area (Å²) < 4.78 is 56.1. The number of benzene rings is 1. The van der Waals surface area contributed by atoms with Gasteiger partial charge in [-0.3, -0.25) is 33.9 Å². The number of nitrogens with zero attached hydrogens (tertiary/aromatic N) is 3. The van der Waals surface area contributed by atoms with Crippen LogP contribution in [0.4, 0.5) is 0 Å². The first-order valence-corrected chi connectivity index (χ1v) is 28.2. The summed E-state index contributed by atoms with van der Waals surface area (Å²) in [6, 6.07) is 4.48. The molecule has 0 bridgehead atoms. The molecule has 5 heterocycles. The monoisotopic (exact) mass is 1120 g/mol. The number of methoxy groups -OCH3 is 2. The van der Waals surface area contributed by atoms with Gasteiger partial charge >= 0.3 is 17.9 Å². The number of rotatable bonds is 18. The van der Waals surface area contributed by atoms with Gasteiger partial charge in [0.05, 0.1) is 67.1 Å². The van der Waals surface area contributed by atoms with E-state index in [1.165, 1.54) is 38.4 Å². The third-order valence-electron chi connectivity index (χ3n) is 15.9. The zero-order chi connectivity index (χ0) is 55.8. The molecule has 21 heteroatoms. The van der Waals surface area contributed by atoms with Crippen LogP contribution in [0.15, 0.2) is 30.6 Å². The first-order valence-electron chi connectivity index (χ1n) is 26.4. The highest BCUT2D eigenvalue weighted by Gasteiger charge is 2.62. The predicted octanol–water partition coefficient (Wildman–Crippen LogP) is 6.92. The smallest absolute Gasteiger partial charge is 0.320 e. The van der Waals surface area contributed by atoms with Crippen molar-refractivity contribution in [2.45, 2.75) is 147 Å². The molecule has 6 rings (SSSR count). The molecule has 1 aromatic heterocycles. The van der Waals surface area contributed by atoms with E-state index in [0.29, 0.717) is 56.1 Å². The van der Waals surface area contributed by atoms with E-state index in [2.05, 4.69) is 9.88 Å². The maximum Gasteiger partial charge on any atom is 0.320 e. The number of carbonyl (C=O) groups excluding carboxylic acids is 5. The zero-order valence-electron chi connectivity index (χ0n) is 46.0. The number of ketones is 2. The third kappa shape index (κ3) is 14.2. The van der Waals surface area contributed by atoms with Crippen LogP contribution in [0.1, 0.15) is 97.0 Å². The Bertz CT molecular complexity index is 2320. The molecule has 18 nitrogen and oxygen atoms in total. The van der Waals surface area contributed by atoms with Crippen LogP contribution in [0.5, 0.6) is 11.5 Å². The molecule has 15 atom stereocenters. The Labute approximate surface area is 462 Å². The third-order valence-corrected chi connectivity index (χ3v) is 17.8. The molecular formula is C55H79Cl2N3O15S. The Hall–Kier alpha value is -3.63. The van der Waals surface area contributed by atoms with E-state index in [1.807, 2.05) is 39.8 Å². The van der Waals surface area contributed by atoms with Crippen molar-refractivity contribution in [2.75, 3.05) is 73.5 Å². The zero-order valence-corrected chi connectivity index (χ0v) is 48.4. The SMILES string of the molecule is CC[C@H]1OC(=O)[C@H](C)[C@@H](OC(=O)CCN2CCOCC2)[C@H](C)[C@@H](O[C@@H]2O[C@H](C)C[C@H](N(C)C)[C@H]2O)[C@](C)(OC)C[C@@H](C)C(=O)[C@H](C)[C@H]2[C@H](SCCOc3cc(C(=O)Cc4c(Cl)cncc4Cl)ccc3OC)C(=O)O[C@@]21C. The molecule has 2 aromatic rings. The molecule has 0 aliphatic carbocycles. The predicted molar refractivity (Wildman–Crippen MR) is 286 cm³/mol. The molecule has 1 N–H and O–H groups in total. The van der Waals surface area contributed by atoms with Crippen LogP contribution in [0.25, 0.3) is 0 Å². The second-order valence-corrected chi connectivity index (χ2v) is 23.5. The summed E-state index contributed by atoms with van der Waals surface area (Å²) in [7, 11) is 6.74. The second kappa shape index (κ2) is 27.0. The van der Waals surface area contributed by atoms with Gasteiger partial charge in [-0.05, 0) is 79.3 Å². The van der Waals surface area contributed by atoms with Gasteiger partial charge in [0.25, 0.3) is 0 Å². The number of esters is 3. The van der Waals surface area contributed by atoms with Gasteiger partial charge in [-0.15, -0.1) is 11.8 Å². The number of ether oxygens (including phenoxy) is 9. The van der Waals surface area contributed by atoms with E-state index in [9.17, 15) is 24.3 Å². The lowest BCUT2D eigenvalue weighted by Gasteiger charge is -2.48. The lowest BCUT2D eigenvalue weighted by molar-refractivity contribution is -0.301. The number of aromatic nitrogens is 1. The quantitative estimate of drug-likeness (QED) is 0.0695. The minimum Gasteiger partial charge on any atom is -0.493 e. The summed E-state index contributed by atoms with van der Waals surface area (Å²) in [5.41, 5.74) is -2.04. The van der Waals surface area contributed by atoms with E-state index < -0.39 is 94.7 Å². The standard InChI is InChI=1S/C55H79Cl2N3O15S/c1-13-43-55(8)45(49(52(66)75-55)76-23-22-70-42-25-35(14-15-41(42)67-11)40(61)26-36-37(56)28-58-29-38(36)57)32(4)46(63)30(2)27-54(7,68-12)50(74-53-47(64)39(59(9)10)24-31(3)71-53)33(5)48(34(6)51(65)72-43)73-44(62)16-17-60-18-20-69-21-19-60/h14-15,25,28-34,39,43,45,47-50,53,64H,13,16-24,26-27H2,1-12H3/t30-,31-,32-,33+,34-,39+,43-,45+,47-,48+,49+,50-,53+,54-,55-/m1/s1. The summed E-state index contributed by atoms with van der Waals surface area (Å²) in [4.78, 5) is 79.9. The molecule has 4 fully saturated rings. The van der Waals surface area contributed by atoms with Crippen LogP contribution in [-0.4, -0.2) is 182 Å². The Morgan fingerprint density at radius 1 is 0.974 bits per heavy atom. The molecule has 76 heavy (non-hydrogen) atoms. The van der Waals surface area contributed by atoms with Crippen LogP contribution in [-0.2, 0) is 58.8 Å². The lowest BCUT2D eigenvalue weighted by atomic mass is 9.70. The fourth-order valence-electron chi connectivity index (χ4n) is 11.5. The van der Waals surface area contributed by atoms with Crippen molar-refractivity contribution in [3.8, 4) is 11.5 Å². The van der Waals surface area contributed by atoms with Crippen molar-refractivity contribution in [3.05, 3.63) is 51.8 Å². The van der Waals surface area contributed by atoms with Crippen molar-refractivity contribution in [2.24, 2.45) is 29.6 Å². The van der Waals surface area contributed by atoms with Crippen LogP contribution < -0.4 is 9.47 Å². The first kappa shape index (κ1) is 61.6. The number of halogens is 2. The summed E-state index contributed by atoms with van der Waals surface area (Å²) in [6.07, 6.45) is -2.21. The molecule has 0 unspecified atom stereocenters. The molecular weight excluding hydrogens is 1050 g/mol. The fraction of sp³-hybridized carbons (Fsp3) is 0.709. The van der Waals surface area contributed by atoms with E-state index in [1.54, 1.807) is 52.8 Å². The average Bonchev–Trinajstić information content (AvgIpc) is 3.66. The molecule has 424 valence electrons. The molecule has 4 saturated heterocycles. The van der Waals surface area contributed by atoms with Gasteiger partial charge in [0.15, 0.2) is 29.2 Å². The summed E-state index contributed by atoms with van der Waals surface area (Å²) in [6.45, 7) is 17.1. The molecule has 4 aliphatic heterocycles. The number of morpholine rings is 1. The van der Waals surface area contributed by atoms with Crippen LogP contribution in [0.2, 0.25) is 10.0 Å². The highest BCUT2D eigenvalue weighted by atomic mass is 35.5. The molecule has 4 aliphatic rings. The van der Waals surface area contributed by atoms with Crippen LogP contribution in [0, 0.1) is 29.6 Å². The Balaban J connectivity index is 1.31. The maximum absolute atomic E-state index is 15.2. The van der Waals surface area contributed by atoms with Crippen molar-refractivity contribution in [3.63, 3.8) is 0 Å². The van der Waals surface area contributed by atoms with Crippen molar-refractivity contribution in [1.82, 2.24) is 14.8 Å². The normalized spacial score (nSPS) is 33.9. The number of hydrogen-bond acceptors (Lipinski definition) is 19. The molecule has 0 spiro atoms. The number of likely N-dealkylation sites (N-methyl/N-ethyl adjacent to an activating group) is 1. The number of aliphatic hydroxyl groups excluding tert-OH is 1.